The molecule has 0 aromatic heterocycles. The molecule has 0 amide bonds. The van der Waals surface area contributed by atoms with Crippen molar-refractivity contribution < 1.29 is 0 Å². The molecule has 1 heterocycles. The lowest BCUT2D eigenvalue weighted by molar-refractivity contribution is 0.357. The number of nitrogens with zero attached hydrogens (tertiary/aromatic N) is 1. The van der Waals surface area contributed by atoms with Gasteiger partial charge in [-0.05, 0) is 54.4 Å². The van der Waals surface area contributed by atoms with E-state index in [1.807, 2.05) is 0 Å². The number of hydrogen-bond donors (Lipinski definition) is 1. The standard InChI is InChI=1S/C17H28N2/c1-5-14-8-16(9-15(6-2)17(14)18)19-10-12(3)7-13(4)11-19/h8-9,12-13H,5-7,10-11,18H2,1-4H3. The molecule has 2 rings (SSSR count). The Bertz CT molecular complexity index is 404. The number of piperidine rings is 1. The SMILES string of the molecule is CCc1cc(N2CC(C)CC(C)C2)cc(CC)c1N. The van der Waals surface area contributed by atoms with E-state index in [1.54, 1.807) is 0 Å². The fraction of sp³-hybridized carbons (Fsp3) is 0.647. The van der Waals surface area contributed by atoms with Gasteiger partial charge in [-0.3, -0.25) is 0 Å². The zero-order chi connectivity index (χ0) is 14.0. The monoisotopic (exact) mass is 260 g/mol. The van der Waals surface area contributed by atoms with Crippen LogP contribution in [0.25, 0.3) is 0 Å². The first-order valence-corrected chi connectivity index (χ1v) is 7.71. The Kier molecular flexibility index (Phi) is 4.38. The van der Waals surface area contributed by atoms with Crippen LogP contribution in [0.2, 0.25) is 0 Å². The number of anilines is 2. The zero-order valence-electron chi connectivity index (χ0n) is 12.9. The molecule has 1 aromatic rings. The minimum Gasteiger partial charge on any atom is -0.398 e. The lowest BCUT2D eigenvalue weighted by atomic mass is 9.91. The first kappa shape index (κ1) is 14.2. The average Bonchev–Trinajstić information content (AvgIpc) is 2.37. The molecule has 0 aliphatic carbocycles. The highest BCUT2D eigenvalue weighted by Crippen LogP contribution is 2.31. The third kappa shape index (κ3) is 3.05. The maximum Gasteiger partial charge on any atom is 0.0380 e. The van der Waals surface area contributed by atoms with E-state index in [9.17, 15) is 0 Å². The van der Waals surface area contributed by atoms with Crippen LogP contribution in [0.5, 0.6) is 0 Å². The molecule has 1 aliphatic heterocycles. The van der Waals surface area contributed by atoms with Crippen LogP contribution in [0.15, 0.2) is 12.1 Å². The van der Waals surface area contributed by atoms with Crippen molar-refractivity contribution in [2.75, 3.05) is 23.7 Å². The van der Waals surface area contributed by atoms with E-state index in [0.717, 1.165) is 30.4 Å². The molecule has 0 radical (unpaired) electrons. The fourth-order valence-electron chi connectivity index (χ4n) is 3.40. The van der Waals surface area contributed by atoms with E-state index >= 15 is 0 Å². The maximum absolute atomic E-state index is 6.24. The minimum absolute atomic E-state index is 0.788. The van der Waals surface area contributed by atoms with Gasteiger partial charge in [-0.1, -0.05) is 27.7 Å². The Morgan fingerprint density at radius 1 is 1.05 bits per heavy atom. The summed E-state index contributed by atoms with van der Waals surface area (Å²) >= 11 is 0. The van der Waals surface area contributed by atoms with Gasteiger partial charge in [0.1, 0.15) is 0 Å². The molecule has 2 nitrogen and oxygen atoms in total. The molecule has 2 atom stereocenters. The van der Waals surface area contributed by atoms with Crippen molar-refractivity contribution in [1.82, 2.24) is 0 Å². The van der Waals surface area contributed by atoms with Crippen LogP contribution in [0.3, 0.4) is 0 Å². The Hall–Kier alpha value is -1.18. The molecule has 1 saturated heterocycles. The second-order valence-electron chi connectivity index (χ2n) is 6.24. The van der Waals surface area contributed by atoms with Crippen molar-refractivity contribution in [2.24, 2.45) is 11.8 Å². The topological polar surface area (TPSA) is 29.3 Å². The Morgan fingerprint density at radius 2 is 1.53 bits per heavy atom. The fourth-order valence-corrected chi connectivity index (χ4v) is 3.40. The van der Waals surface area contributed by atoms with E-state index in [4.69, 9.17) is 5.73 Å². The molecule has 1 aliphatic rings. The Labute approximate surface area is 118 Å². The number of hydrogen-bond acceptors (Lipinski definition) is 2. The van der Waals surface area contributed by atoms with E-state index in [1.165, 1.54) is 36.3 Å². The van der Waals surface area contributed by atoms with Gasteiger partial charge in [0.25, 0.3) is 0 Å². The van der Waals surface area contributed by atoms with Gasteiger partial charge in [0.15, 0.2) is 0 Å². The second kappa shape index (κ2) is 5.85. The van der Waals surface area contributed by atoms with Crippen LogP contribution in [0.1, 0.15) is 45.2 Å². The summed E-state index contributed by atoms with van der Waals surface area (Å²) in [6, 6.07) is 4.61. The van der Waals surface area contributed by atoms with E-state index in [2.05, 4.69) is 44.7 Å². The van der Waals surface area contributed by atoms with E-state index in [-0.39, 0.29) is 0 Å². The van der Waals surface area contributed by atoms with E-state index < -0.39 is 0 Å². The minimum atomic E-state index is 0.788. The Balaban J connectivity index is 2.33. The van der Waals surface area contributed by atoms with Crippen LogP contribution >= 0.6 is 0 Å². The largest absolute Gasteiger partial charge is 0.398 e. The molecule has 1 fully saturated rings. The van der Waals surface area contributed by atoms with Crippen LogP contribution in [-0.2, 0) is 12.8 Å². The molecular formula is C17H28N2. The van der Waals surface area contributed by atoms with Crippen LogP contribution in [-0.4, -0.2) is 13.1 Å². The normalized spacial score (nSPS) is 23.7. The molecule has 2 heteroatoms. The number of rotatable bonds is 3. The summed E-state index contributed by atoms with van der Waals surface area (Å²) in [5.41, 5.74) is 11.2. The quantitative estimate of drug-likeness (QED) is 0.836. The smallest absolute Gasteiger partial charge is 0.0380 e. The van der Waals surface area contributed by atoms with Crippen molar-refractivity contribution in [2.45, 2.75) is 47.0 Å². The highest BCUT2D eigenvalue weighted by molar-refractivity contribution is 5.64. The number of nitrogen functional groups attached to an aromatic ring is 1. The first-order chi connectivity index (χ1) is 9.05. The average molecular weight is 260 g/mol. The number of benzene rings is 1. The van der Waals surface area contributed by atoms with E-state index in [0.29, 0.717) is 0 Å². The van der Waals surface area contributed by atoms with Gasteiger partial charge in [0, 0.05) is 24.5 Å². The molecule has 0 saturated carbocycles. The third-order valence-electron chi connectivity index (χ3n) is 4.33. The Morgan fingerprint density at radius 3 is 1.95 bits per heavy atom. The summed E-state index contributed by atoms with van der Waals surface area (Å²) in [6.07, 6.45) is 3.39. The van der Waals surface area contributed by atoms with Crippen molar-refractivity contribution in [3.05, 3.63) is 23.3 Å². The molecule has 1 aromatic carbocycles. The number of aryl methyl sites for hydroxylation is 2. The molecular weight excluding hydrogens is 232 g/mol. The maximum atomic E-state index is 6.24. The van der Waals surface area contributed by atoms with Gasteiger partial charge in [-0.15, -0.1) is 0 Å². The molecule has 2 unspecified atom stereocenters. The van der Waals surface area contributed by atoms with Crippen molar-refractivity contribution in [1.29, 1.82) is 0 Å². The van der Waals surface area contributed by atoms with Gasteiger partial charge >= 0.3 is 0 Å². The van der Waals surface area contributed by atoms with Crippen LogP contribution in [0, 0.1) is 11.8 Å². The highest BCUT2D eigenvalue weighted by atomic mass is 15.1. The first-order valence-electron chi connectivity index (χ1n) is 7.71. The molecule has 2 N–H and O–H groups in total. The molecule has 19 heavy (non-hydrogen) atoms. The van der Waals surface area contributed by atoms with Gasteiger partial charge < -0.3 is 10.6 Å². The lowest BCUT2D eigenvalue weighted by Crippen LogP contribution is -2.38. The third-order valence-corrected chi connectivity index (χ3v) is 4.33. The predicted molar refractivity (Wildman–Crippen MR) is 84.8 cm³/mol. The summed E-state index contributed by atoms with van der Waals surface area (Å²) in [5, 5.41) is 0. The molecule has 0 bridgehead atoms. The summed E-state index contributed by atoms with van der Waals surface area (Å²) in [6.45, 7) is 11.5. The van der Waals surface area contributed by atoms with Crippen LogP contribution < -0.4 is 10.6 Å². The summed E-state index contributed by atoms with van der Waals surface area (Å²) < 4.78 is 0. The van der Waals surface area contributed by atoms with Crippen molar-refractivity contribution in [3.63, 3.8) is 0 Å². The summed E-state index contributed by atoms with van der Waals surface area (Å²) in [5.74, 6) is 1.58. The summed E-state index contributed by atoms with van der Waals surface area (Å²) in [7, 11) is 0. The molecule has 106 valence electrons. The summed E-state index contributed by atoms with van der Waals surface area (Å²) in [4.78, 5) is 2.55. The van der Waals surface area contributed by atoms with Gasteiger partial charge in [-0.2, -0.15) is 0 Å². The van der Waals surface area contributed by atoms with Crippen LogP contribution in [0.4, 0.5) is 11.4 Å². The second-order valence-corrected chi connectivity index (χ2v) is 6.24. The number of nitrogens with two attached hydrogens (primary N) is 1. The van der Waals surface area contributed by atoms with Crippen molar-refractivity contribution >= 4 is 11.4 Å². The van der Waals surface area contributed by atoms with Gasteiger partial charge in [0.2, 0.25) is 0 Å². The van der Waals surface area contributed by atoms with Gasteiger partial charge in [0.05, 0.1) is 0 Å². The lowest BCUT2D eigenvalue weighted by Gasteiger charge is -2.37. The van der Waals surface area contributed by atoms with Crippen molar-refractivity contribution in [3.8, 4) is 0 Å². The highest BCUT2D eigenvalue weighted by Gasteiger charge is 2.22. The predicted octanol–water partition coefficient (Wildman–Crippen LogP) is 3.88. The van der Waals surface area contributed by atoms with Gasteiger partial charge in [-0.25, -0.2) is 0 Å². The zero-order valence-corrected chi connectivity index (χ0v) is 12.9. The molecule has 0 spiro atoms.